The summed E-state index contributed by atoms with van der Waals surface area (Å²) >= 11 is 0. The van der Waals surface area contributed by atoms with Crippen molar-refractivity contribution >= 4 is 39.8 Å². The average molecular weight is 482 g/mol. The lowest BCUT2D eigenvalue weighted by atomic mass is 10.3. The molecule has 0 amide bonds. The van der Waals surface area contributed by atoms with Crippen LogP contribution in [0.15, 0.2) is 116 Å². The van der Waals surface area contributed by atoms with Crippen LogP contribution in [0.25, 0.3) is 11.0 Å². The van der Waals surface area contributed by atoms with Gasteiger partial charge < -0.3 is 4.98 Å². The summed E-state index contributed by atoms with van der Waals surface area (Å²) in [6.07, 6.45) is 0. The monoisotopic (exact) mass is 482 g/mol. The van der Waals surface area contributed by atoms with E-state index in [2.05, 4.69) is 4.98 Å². The number of benzene rings is 3. The van der Waals surface area contributed by atoms with E-state index in [1.54, 1.807) is 0 Å². The van der Waals surface area contributed by atoms with Crippen LogP contribution in [0.5, 0.6) is 0 Å². The van der Waals surface area contributed by atoms with Crippen LogP contribution in [0.3, 0.4) is 0 Å². The van der Waals surface area contributed by atoms with Gasteiger partial charge in [0.15, 0.2) is 5.43 Å². The molecular weight excluding hydrogens is 459 g/mol. The summed E-state index contributed by atoms with van der Waals surface area (Å²) in [6.45, 7) is 0. The van der Waals surface area contributed by atoms with Crippen LogP contribution in [-0.4, -0.2) is 14.1 Å². The van der Waals surface area contributed by atoms with Crippen LogP contribution >= 0.6 is 7.05 Å². The predicted octanol–water partition coefficient (Wildman–Crippen LogP) is 2.73. The zero-order chi connectivity index (χ0) is 24.6. The third kappa shape index (κ3) is 3.70. The Bertz CT molecular complexity index is 1670. The number of nitrogens with one attached hydrogen (secondary N) is 1. The fourth-order valence-corrected chi connectivity index (χ4v) is 7.82. The molecule has 0 bridgehead atoms. The zero-order valence-corrected chi connectivity index (χ0v) is 20.1. The van der Waals surface area contributed by atoms with Crippen molar-refractivity contribution in [3.05, 3.63) is 128 Å². The zero-order valence-electron chi connectivity index (χ0n) is 19.3. The van der Waals surface area contributed by atoms with Crippen LogP contribution in [0.4, 0.5) is 5.82 Å². The number of hydrogen-bond donors (Lipinski definition) is 1. The third-order valence-electron chi connectivity index (χ3n) is 6.07. The summed E-state index contributed by atoms with van der Waals surface area (Å²) in [4.78, 5) is 41.5. The molecule has 5 rings (SSSR count). The van der Waals surface area contributed by atoms with Gasteiger partial charge in [0.25, 0.3) is 5.56 Å². The SMILES string of the molecule is Cn1c(=O)c2c(=O)cc(N=P(c3ccccc3)(c3ccccc3)c3ccccc3)[nH]c2n(C)c1=O. The smallest absolute Gasteiger partial charge is 0.325 e. The highest BCUT2D eigenvalue weighted by molar-refractivity contribution is 7.87. The maximum atomic E-state index is 13.1. The topological polar surface area (TPSA) is 89.2 Å². The van der Waals surface area contributed by atoms with Gasteiger partial charge in [-0.1, -0.05) is 91.0 Å². The summed E-state index contributed by atoms with van der Waals surface area (Å²) in [5, 5.41) is 2.96. The lowest BCUT2D eigenvalue weighted by molar-refractivity contribution is 0.707. The molecule has 5 aromatic rings. The first-order chi connectivity index (χ1) is 16.9. The number of pyridine rings is 1. The van der Waals surface area contributed by atoms with Crippen LogP contribution in [-0.2, 0) is 14.1 Å². The molecule has 0 spiro atoms. The maximum Gasteiger partial charge on any atom is 0.332 e. The highest BCUT2D eigenvalue weighted by Crippen LogP contribution is 2.48. The number of aryl methyl sites for hydroxylation is 1. The molecule has 0 aliphatic heterocycles. The summed E-state index contributed by atoms with van der Waals surface area (Å²) in [6, 6.07) is 31.3. The molecule has 0 saturated carbocycles. The minimum Gasteiger partial charge on any atom is -0.325 e. The van der Waals surface area contributed by atoms with Crippen molar-refractivity contribution in [1.82, 2.24) is 14.1 Å². The minimum atomic E-state index is -2.64. The van der Waals surface area contributed by atoms with Gasteiger partial charge in [0.1, 0.15) is 16.9 Å². The summed E-state index contributed by atoms with van der Waals surface area (Å²) in [5.41, 5.74) is -1.49. The van der Waals surface area contributed by atoms with E-state index >= 15 is 0 Å². The minimum absolute atomic E-state index is 0.0726. The number of H-pyrrole nitrogens is 1. The summed E-state index contributed by atoms with van der Waals surface area (Å²) < 4.78 is 7.47. The van der Waals surface area contributed by atoms with E-state index in [1.807, 2.05) is 91.0 Å². The van der Waals surface area contributed by atoms with Crippen LogP contribution in [0.2, 0.25) is 0 Å². The van der Waals surface area contributed by atoms with Crippen LogP contribution in [0, 0.1) is 0 Å². The van der Waals surface area contributed by atoms with Gasteiger partial charge >= 0.3 is 5.69 Å². The lowest BCUT2D eigenvalue weighted by Crippen LogP contribution is -2.39. The van der Waals surface area contributed by atoms with Gasteiger partial charge in [0.2, 0.25) is 0 Å². The molecule has 0 aliphatic rings. The maximum absolute atomic E-state index is 13.1. The van der Waals surface area contributed by atoms with Crippen LogP contribution in [0.1, 0.15) is 0 Å². The summed E-state index contributed by atoms with van der Waals surface area (Å²) in [5.74, 6) is 0.302. The highest BCUT2D eigenvalue weighted by atomic mass is 31.2. The molecule has 0 aliphatic carbocycles. The second-order valence-corrected chi connectivity index (χ2v) is 11.2. The second kappa shape index (κ2) is 8.85. The van der Waals surface area contributed by atoms with E-state index in [1.165, 1.54) is 24.7 Å². The van der Waals surface area contributed by atoms with Gasteiger partial charge in [-0.05, 0) is 0 Å². The van der Waals surface area contributed by atoms with Crippen molar-refractivity contribution < 1.29 is 0 Å². The fraction of sp³-hybridized carbons (Fsp3) is 0.0741. The third-order valence-corrected chi connectivity index (χ3v) is 9.72. The number of aromatic nitrogens is 3. The standard InChI is InChI=1S/C27H23N4O3P/c1-30-25-24(26(33)31(2)27(30)34)22(32)18-23(28-25)29-35(19-12-6-3-7-13-19,20-14-8-4-9-15-20)21-16-10-5-11-17-21/h3-18H,1-2H3,(H,28,32). The average Bonchev–Trinajstić information content (AvgIpc) is 2.90. The molecule has 35 heavy (non-hydrogen) atoms. The lowest BCUT2D eigenvalue weighted by Gasteiger charge is -2.26. The second-order valence-electron chi connectivity index (χ2n) is 8.19. The van der Waals surface area contributed by atoms with E-state index in [4.69, 9.17) is 4.74 Å². The summed E-state index contributed by atoms with van der Waals surface area (Å²) in [7, 11) is 0.248. The van der Waals surface area contributed by atoms with E-state index in [-0.39, 0.29) is 11.0 Å². The molecule has 2 heterocycles. The number of aromatic amines is 1. The van der Waals surface area contributed by atoms with E-state index < -0.39 is 23.7 Å². The van der Waals surface area contributed by atoms with Crippen molar-refractivity contribution in [3.8, 4) is 0 Å². The molecule has 0 atom stereocenters. The normalized spacial score (nSPS) is 11.5. The first kappa shape index (κ1) is 22.6. The van der Waals surface area contributed by atoms with Crippen LogP contribution < -0.4 is 32.6 Å². The fourth-order valence-electron chi connectivity index (χ4n) is 4.33. The first-order valence-electron chi connectivity index (χ1n) is 11.1. The number of rotatable bonds is 4. The van der Waals surface area contributed by atoms with Crippen molar-refractivity contribution in [2.75, 3.05) is 0 Å². The molecule has 7 nitrogen and oxygen atoms in total. The quantitative estimate of drug-likeness (QED) is 0.400. The Hall–Kier alpha value is -4.22. The molecule has 2 aromatic heterocycles. The van der Waals surface area contributed by atoms with Crippen molar-refractivity contribution in [1.29, 1.82) is 0 Å². The Kier molecular flexibility index (Phi) is 5.71. The molecule has 1 N–H and O–H groups in total. The Balaban J connectivity index is 1.97. The molecule has 174 valence electrons. The molecule has 8 heteroatoms. The van der Waals surface area contributed by atoms with Crippen molar-refractivity contribution in [3.63, 3.8) is 0 Å². The first-order valence-corrected chi connectivity index (χ1v) is 12.8. The largest absolute Gasteiger partial charge is 0.332 e. The van der Waals surface area contributed by atoms with Gasteiger partial charge in [-0.15, -0.1) is 0 Å². The Labute approximate surface area is 201 Å². The molecule has 0 fully saturated rings. The van der Waals surface area contributed by atoms with Crippen molar-refractivity contribution in [2.24, 2.45) is 18.8 Å². The molecular formula is C27H23N4O3P. The Morgan fingerprint density at radius 1 is 0.686 bits per heavy atom. The predicted molar refractivity (Wildman–Crippen MR) is 142 cm³/mol. The molecule has 0 radical (unpaired) electrons. The van der Waals surface area contributed by atoms with E-state index in [0.717, 1.165) is 20.5 Å². The molecule has 3 aromatic carbocycles. The Morgan fingerprint density at radius 2 is 1.14 bits per heavy atom. The van der Waals surface area contributed by atoms with Gasteiger partial charge in [0.05, 0.1) is 7.05 Å². The van der Waals surface area contributed by atoms with E-state index in [0.29, 0.717) is 5.82 Å². The molecule has 0 saturated heterocycles. The number of fused-ring (bicyclic) bond motifs is 1. The molecule has 0 unspecified atom stereocenters. The van der Waals surface area contributed by atoms with Gasteiger partial charge in [-0.2, -0.15) is 0 Å². The van der Waals surface area contributed by atoms with Gasteiger partial charge in [-0.3, -0.25) is 18.7 Å². The van der Waals surface area contributed by atoms with E-state index in [9.17, 15) is 14.4 Å². The number of nitrogens with zero attached hydrogens (tertiary/aromatic N) is 3. The highest BCUT2D eigenvalue weighted by Gasteiger charge is 2.28. The van der Waals surface area contributed by atoms with Gasteiger partial charge in [0, 0.05) is 36.1 Å². The number of hydrogen-bond acceptors (Lipinski definition) is 4. The Morgan fingerprint density at radius 3 is 1.60 bits per heavy atom. The van der Waals surface area contributed by atoms with Gasteiger partial charge in [-0.25, -0.2) is 9.54 Å². The van der Waals surface area contributed by atoms with Crippen molar-refractivity contribution in [2.45, 2.75) is 0 Å².